The molecule has 1 aliphatic carbocycles. The largest absolute Gasteiger partial charge is 0.378 e. The fourth-order valence-electron chi connectivity index (χ4n) is 5.42. The zero-order valence-corrected chi connectivity index (χ0v) is 21.3. The number of anilines is 2. The lowest BCUT2D eigenvalue weighted by Crippen LogP contribution is -2.38. The number of nitrogens with one attached hydrogen (secondary N) is 1. The number of urea groups is 1. The molecule has 0 radical (unpaired) electrons. The van der Waals surface area contributed by atoms with Crippen molar-refractivity contribution in [3.8, 4) is 5.00 Å². The van der Waals surface area contributed by atoms with Gasteiger partial charge >= 0.3 is 6.03 Å². The number of thiophene rings is 1. The summed E-state index contributed by atoms with van der Waals surface area (Å²) < 4.78 is 15.8. The lowest BCUT2D eigenvalue weighted by Gasteiger charge is -2.31. The molecular weight excluding hydrogens is 471 g/mol. The molecule has 0 bridgehead atoms. The van der Waals surface area contributed by atoms with Gasteiger partial charge in [-0.05, 0) is 85.3 Å². The third-order valence-corrected chi connectivity index (χ3v) is 8.59. The number of amides is 2. The van der Waals surface area contributed by atoms with Crippen LogP contribution in [0.2, 0.25) is 0 Å². The van der Waals surface area contributed by atoms with Crippen molar-refractivity contribution in [2.45, 2.75) is 38.3 Å². The van der Waals surface area contributed by atoms with Gasteiger partial charge in [-0.1, -0.05) is 12.1 Å². The summed E-state index contributed by atoms with van der Waals surface area (Å²) >= 11 is 1.88. The highest BCUT2D eigenvalue weighted by molar-refractivity contribution is 7.15. The number of aromatic nitrogens is 1. The van der Waals surface area contributed by atoms with Crippen LogP contribution in [0.15, 0.2) is 66.9 Å². The first-order valence-electron chi connectivity index (χ1n) is 12.4. The van der Waals surface area contributed by atoms with E-state index in [0.29, 0.717) is 12.2 Å². The van der Waals surface area contributed by atoms with Crippen molar-refractivity contribution in [1.82, 2.24) is 9.47 Å². The number of benzene rings is 2. The third-order valence-electron chi connectivity index (χ3n) is 7.26. The molecule has 184 valence electrons. The fraction of sp³-hybridized carbons (Fsp3) is 0.276. The molecule has 4 aromatic rings. The normalized spacial score (nSPS) is 16.5. The van der Waals surface area contributed by atoms with Crippen LogP contribution >= 0.6 is 11.3 Å². The van der Waals surface area contributed by atoms with E-state index in [2.05, 4.69) is 57.4 Å². The summed E-state index contributed by atoms with van der Waals surface area (Å²) in [6, 6.07) is 18.1. The molecule has 2 aliphatic rings. The van der Waals surface area contributed by atoms with E-state index in [9.17, 15) is 9.18 Å². The molecule has 1 unspecified atom stereocenters. The summed E-state index contributed by atoms with van der Waals surface area (Å²) in [5, 5.41) is 4.26. The third kappa shape index (κ3) is 3.97. The van der Waals surface area contributed by atoms with Gasteiger partial charge in [0.1, 0.15) is 10.8 Å². The second-order valence-electron chi connectivity index (χ2n) is 9.75. The topological polar surface area (TPSA) is 40.5 Å². The van der Waals surface area contributed by atoms with Crippen molar-refractivity contribution >= 4 is 28.7 Å². The summed E-state index contributed by atoms with van der Waals surface area (Å²) in [5.41, 5.74) is 6.49. The second kappa shape index (κ2) is 9.13. The van der Waals surface area contributed by atoms with Gasteiger partial charge in [-0.3, -0.25) is 0 Å². The maximum Gasteiger partial charge on any atom is 0.322 e. The van der Waals surface area contributed by atoms with Crippen LogP contribution in [0, 0.1) is 5.82 Å². The van der Waals surface area contributed by atoms with E-state index in [-0.39, 0.29) is 17.9 Å². The van der Waals surface area contributed by atoms with Crippen LogP contribution in [0.3, 0.4) is 0 Å². The predicted octanol–water partition coefficient (Wildman–Crippen LogP) is 6.76. The molecule has 2 aromatic carbocycles. The Morgan fingerprint density at radius 3 is 2.50 bits per heavy atom. The summed E-state index contributed by atoms with van der Waals surface area (Å²) in [4.78, 5) is 19.4. The average Bonchev–Trinajstić information content (AvgIpc) is 3.47. The van der Waals surface area contributed by atoms with Gasteiger partial charge in [0.05, 0.1) is 18.3 Å². The standard InChI is InChI=1S/C29H29FN4OS/c1-32(2)22-15-9-19(10-16-22)27-25-7-5-17-33(25)28-24(23-6-3-4-8-26(23)36-28)18-34(27)29(35)31-21-13-11-20(30)12-14-21/h5,7,9-17,27H,3-4,6,8,18H2,1-2H3,(H,31,35). The Labute approximate surface area is 214 Å². The number of halogens is 1. The minimum absolute atomic E-state index is 0.195. The minimum atomic E-state index is -0.325. The van der Waals surface area contributed by atoms with E-state index < -0.39 is 0 Å². The van der Waals surface area contributed by atoms with Gasteiger partial charge in [0, 0.05) is 42.1 Å². The van der Waals surface area contributed by atoms with E-state index in [1.54, 1.807) is 12.1 Å². The number of fused-ring (bicyclic) bond motifs is 5. The van der Waals surface area contributed by atoms with Crippen molar-refractivity contribution in [3.05, 3.63) is 99.9 Å². The lowest BCUT2D eigenvalue weighted by atomic mass is 9.95. The van der Waals surface area contributed by atoms with Crippen molar-refractivity contribution < 1.29 is 9.18 Å². The number of carbonyl (C=O) groups is 1. The van der Waals surface area contributed by atoms with E-state index in [0.717, 1.165) is 29.8 Å². The maximum absolute atomic E-state index is 13.9. The molecule has 2 aromatic heterocycles. The number of carbonyl (C=O) groups excluding carboxylic acids is 1. The summed E-state index contributed by atoms with van der Waals surface area (Å²) in [6.45, 7) is 0.524. The van der Waals surface area contributed by atoms with Gasteiger partial charge in [-0.25, -0.2) is 9.18 Å². The van der Waals surface area contributed by atoms with E-state index >= 15 is 0 Å². The molecule has 0 saturated heterocycles. The first kappa shape index (κ1) is 22.9. The number of hydrogen-bond acceptors (Lipinski definition) is 3. The zero-order valence-electron chi connectivity index (χ0n) is 20.5. The molecular formula is C29H29FN4OS. The van der Waals surface area contributed by atoms with Gasteiger partial charge in [-0.15, -0.1) is 11.3 Å². The lowest BCUT2D eigenvalue weighted by molar-refractivity contribution is 0.194. The predicted molar refractivity (Wildman–Crippen MR) is 144 cm³/mol. The van der Waals surface area contributed by atoms with Crippen LogP contribution in [0.1, 0.15) is 46.1 Å². The molecule has 0 spiro atoms. The molecule has 7 heteroatoms. The minimum Gasteiger partial charge on any atom is -0.378 e. The van der Waals surface area contributed by atoms with Crippen molar-refractivity contribution in [1.29, 1.82) is 0 Å². The molecule has 3 heterocycles. The Bertz CT molecular complexity index is 1400. The van der Waals surface area contributed by atoms with Crippen molar-refractivity contribution in [2.75, 3.05) is 24.3 Å². The molecule has 0 saturated carbocycles. The Morgan fingerprint density at radius 2 is 1.75 bits per heavy atom. The molecule has 6 rings (SSSR count). The molecule has 2 amide bonds. The van der Waals surface area contributed by atoms with Gasteiger partial charge in [0.25, 0.3) is 0 Å². The quantitative estimate of drug-likeness (QED) is 0.338. The second-order valence-corrected chi connectivity index (χ2v) is 10.8. The number of hydrogen-bond donors (Lipinski definition) is 1. The molecule has 0 fully saturated rings. The van der Waals surface area contributed by atoms with Gasteiger partial charge in [-0.2, -0.15) is 0 Å². The van der Waals surface area contributed by atoms with Crippen molar-refractivity contribution in [2.24, 2.45) is 0 Å². The Morgan fingerprint density at radius 1 is 1.00 bits per heavy atom. The van der Waals surface area contributed by atoms with Crippen LogP contribution in [0.25, 0.3) is 5.00 Å². The van der Waals surface area contributed by atoms with E-state index in [1.807, 2.05) is 30.3 Å². The molecule has 36 heavy (non-hydrogen) atoms. The number of rotatable bonds is 3. The van der Waals surface area contributed by atoms with E-state index in [1.165, 1.54) is 46.0 Å². The summed E-state index contributed by atoms with van der Waals surface area (Å²) in [5.74, 6) is -0.325. The SMILES string of the molecule is CN(C)c1ccc(C2c3cccn3-c3sc4c(c3CN2C(=O)Nc2ccc(F)cc2)CCCC4)cc1. The van der Waals surface area contributed by atoms with Crippen LogP contribution in [-0.2, 0) is 19.4 Å². The molecule has 1 aliphatic heterocycles. The Hall–Kier alpha value is -3.58. The maximum atomic E-state index is 13.9. The van der Waals surface area contributed by atoms with Crippen LogP contribution < -0.4 is 10.2 Å². The highest BCUT2D eigenvalue weighted by Crippen LogP contribution is 2.44. The van der Waals surface area contributed by atoms with E-state index in [4.69, 9.17) is 0 Å². The molecule has 1 atom stereocenters. The summed E-state index contributed by atoms with van der Waals surface area (Å²) in [7, 11) is 4.05. The monoisotopic (exact) mass is 500 g/mol. The fourth-order valence-corrected chi connectivity index (χ4v) is 6.82. The highest BCUT2D eigenvalue weighted by Gasteiger charge is 2.36. The van der Waals surface area contributed by atoms with Crippen LogP contribution in [0.4, 0.5) is 20.6 Å². The molecule has 1 N–H and O–H groups in total. The van der Waals surface area contributed by atoms with Crippen LogP contribution in [0.5, 0.6) is 0 Å². The van der Waals surface area contributed by atoms with Gasteiger partial charge < -0.3 is 19.7 Å². The Kier molecular flexibility index (Phi) is 5.80. The number of nitrogens with zero attached hydrogens (tertiary/aromatic N) is 3. The van der Waals surface area contributed by atoms with Crippen LogP contribution in [-0.4, -0.2) is 29.6 Å². The zero-order chi connectivity index (χ0) is 24.8. The van der Waals surface area contributed by atoms with Gasteiger partial charge in [0.15, 0.2) is 0 Å². The van der Waals surface area contributed by atoms with Gasteiger partial charge in [0.2, 0.25) is 0 Å². The summed E-state index contributed by atoms with van der Waals surface area (Å²) in [6.07, 6.45) is 6.71. The molecule has 5 nitrogen and oxygen atoms in total. The first-order valence-corrected chi connectivity index (χ1v) is 13.2. The number of aryl methyl sites for hydroxylation is 1. The highest BCUT2D eigenvalue weighted by atomic mass is 32.1. The van der Waals surface area contributed by atoms with Crippen molar-refractivity contribution in [3.63, 3.8) is 0 Å². The smallest absolute Gasteiger partial charge is 0.322 e. The Balaban J connectivity index is 1.48. The average molecular weight is 501 g/mol. The first-order chi connectivity index (χ1) is 17.5.